The number of ether oxygens (including phenoxy) is 2. The lowest BCUT2D eigenvalue weighted by Crippen LogP contribution is -2.10. The maximum atomic E-state index is 13.9. The van der Waals surface area contributed by atoms with Gasteiger partial charge in [-0.25, -0.2) is 0 Å². The number of rotatable bonds is 6. The van der Waals surface area contributed by atoms with Gasteiger partial charge in [-0.3, -0.25) is 14.9 Å². The summed E-state index contributed by atoms with van der Waals surface area (Å²) in [6.45, 7) is 0. The van der Waals surface area contributed by atoms with E-state index in [0.29, 0.717) is 5.69 Å². The molecule has 0 saturated carbocycles. The lowest BCUT2D eigenvalue weighted by atomic mass is 10.2. The van der Waals surface area contributed by atoms with Gasteiger partial charge in [0.25, 0.3) is 5.91 Å². The summed E-state index contributed by atoms with van der Waals surface area (Å²) in [6.07, 6.45) is 1.38. The minimum atomic E-state index is -1.07. The number of amides is 1. The molecule has 0 fully saturated rings. The fourth-order valence-corrected chi connectivity index (χ4v) is 2.26. The Morgan fingerprint density at radius 2 is 1.93 bits per heavy atom. The molecule has 0 saturated heterocycles. The third-order valence-corrected chi connectivity index (χ3v) is 3.51. The average molecular weight is 372 g/mol. The molecule has 2 aromatic carbocycles. The molecule has 27 heavy (non-hydrogen) atoms. The molecule has 0 aliphatic rings. The van der Waals surface area contributed by atoms with Gasteiger partial charge in [0.1, 0.15) is 11.5 Å². The minimum Gasteiger partial charge on any atom is -0.497 e. The second-order valence-corrected chi connectivity index (χ2v) is 5.27. The number of nitrogens with zero attached hydrogens (tertiary/aromatic N) is 1. The number of carbonyl (C=O) groups is 1. The highest BCUT2D eigenvalue weighted by atomic mass is 19.1. The number of nitro benzene ring substituents is 1. The zero-order valence-corrected chi connectivity index (χ0v) is 14.0. The van der Waals surface area contributed by atoms with Gasteiger partial charge >= 0.3 is 5.69 Å². The predicted molar refractivity (Wildman–Crippen MR) is 92.8 cm³/mol. The molecule has 1 heterocycles. The molecule has 0 unspecified atom stereocenters. The Kier molecular flexibility index (Phi) is 5.02. The molecule has 3 rings (SSSR count). The van der Waals surface area contributed by atoms with Gasteiger partial charge in [0, 0.05) is 17.8 Å². The van der Waals surface area contributed by atoms with Crippen molar-refractivity contribution < 1.29 is 28.0 Å². The number of hydrogen-bond acceptors (Lipinski definition) is 6. The molecule has 8 nitrogen and oxygen atoms in total. The van der Waals surface area contributed by atoms with Crippen molar-refractivity contribution >= 4 is 17.3 Å². The van der Waals surface area contributed by atoms with Crippen LogP contribution >= 0.6 is 0 Å². The van der Waals surface area contributed by atoms with Crippen molar-refractivity contribution in [2.75, 3.05) is 12.4 Å². The van der Waals surface area contributed by atoms with E-state index in [2.05, 4.69) is 5.32 Å². The molecular weight excluding hydrogens is 359 g/mol. The highest BCUT2D eigenvalue weighted by Crippen LogP contribution is 2.37. The van der Waals surface area contributed by atoms with Gasteiger partial charge in [-0.2, -0.15) is 4.39 Å². The predicted octanol–water partition coefficient (Wildman–Crippen LogP) is 4.38. The zero-order valence-electron chi connectivity index (χ0n) is 14.0. The Balaban J connectivity index is 1.79. The SMILES string of the molecule is COc1cc(F)c([N+](=O)[O-])c(Oc2ccc(NC(=O)c3ccco3)cc2)c1. The Hall–Kier alpha value is -3.88. The number of benzene rings is 2. The molecule has 0 aliphatic heterocycles. The fraction of sp³-hybridized carbons (Fsp3) is 0.0556. The molecule has 1 aromatic heterocycles. The van der Waals surface area contributed by atoms with Gasteiger partial charge in [0.2, 0.25) is 11.6 Å². The third-order valence-electron chi connectivity index (χ3n) is 3.51. The first-order chi connectivity index (χ1) is 13.0. The van der Waals surface area contributed by atoms with Crippen LogP contribution in [0.25, 0.3) is 0 Å². The maximum Gasteiger partial charge on any atom is 0.347 e. The fourth-order valence-electron chi connectivity index (χ4n) is 2.26. The second kappa shape index (κ2) is 7.56. The Labute approximate surface area is 152 Å². The maximum absolute atomic E-state index is 13.9. The van der Waals surface area contributed by atoms with Crippen molar-refractivity contribution in [1.29, 1.82) is 0 Å². The van der Waals surface area contributed by atoms with E-state index in [0.717, 1.165) is 6.07 Å². The van der Waals surface area contributed by atoms with Crippen LogP contribution in [0.15, 0.2) is 59.2 Å². The van der Waals surface area contributed by atoms with Crippen LogP contribution < -0.4 is 14.8 Å². The van der Waals surface area contributed by atoms with Crippen LogP contribution in [0.3, 0.4) is 0 Å². The first-order valence-electron chi connectivity index (χ1n) is 7.62. The molecule has 3 aromatic rings. The molecule has 1 N–H and O–H groups in total. The number of furan rings is 1. The van der Waals surface area contributed by atoms with Gasteiger partial charge in [-0.05, 0) is 36.4 Å². The van der Waals surface area contributed by atoms with Crippen molar-refractivity contribution in [3.05, 3.63) is 76.5 Å². The van der Waals surface area contributed by atoms with Crippen LogP contribution in [0, 0.1) is 15.9 Å². The van der Waals surface area contributed by atoms with Crippen molar-refractivity contribution in [1.82, 2.24) is 0 Å². The molecule has 138 valence electrons. The van der Waals surface area contributed by atoms with Crippen molar-refractivity contribution in [3.63, 3.8) is 0 Å². The van der Waals surface area contributed by atoms with E-state index >= 15 is 0 Å². The van der Waals surface area contributed by atoms with Gasteiger partial charge in [0.15, 0.2) is 5.76 Å². The molecule has 0 radical (unpaired) electrons. The highest BCUT2D eigenvalue weighted by Gasteiger charge is 2.24. The van der Waals surface area contributed by atoms with Crippen LogP contribution in [0.4, 0.5) is 15.8 Å². The summed E-state index contributed by atoms with van der Waals surface area (Å²) >= 11 is 0. The third kappa shape index (κ3) is 4.03. The van der Waals surface area contributed by atoms with Gasteiger partial charge in [0.05, 0.1) is 18.3 Å². The van der Waals surface area contributed by atoms with Crippen LogP contribution in [-0.2, 0) is 0 Å². The number of nitro groups is 1. The van der Waals surface area contributed by atoms with Gasteiger partial charge < -0.3 is 19.2 Å². The zero-order chi connectivity index (χ0) is 19.4. The monoisotopic (exact) mass is 372 g/mol. The first kappa shape index (κ1) is 17.9. The minimum absolute atomic E-state index is 0.0791. The summed E-state index contributed by atoms with van der Waals surface area (Å²) in [5.41, 5.74) is -0.346. The number of hydrogen-bond donors (Lipinski definition) is 1. The van der Waals surface area contributed by atoms with Crippen LogP contribution in [0.2, 0.25) is 0 Å². The molecule has 1 amide bonds. The number of methoxy groups -OCH3 is 1. The van der Waals surface area contributed by atoms with E-state index in [4.69, 9.17) is 13.9 Å². The Morgan fingerprint density at radius 3 is 2.52 bits per heavy atom. The summed E-state index contributed by atoms with van der Waals surface area (Å²) in [4.78, 5) is 22.1. The molecule has 9 heteroatoms. The standard InChI is InChI=1S/C18H13FN2O6/c1-25-13-9-14(19)17(21(23)24)16(10-13)27-12-6-4-11(5-7-12)20-18(22)15-3-2-8-26-15/h2-10H,1H3,(H,20,22). The van der Waals surface area contributed by atoms with Gasteiger partial charge in [-0.15, -0.1) is 0 Å². The van der Waals surface area contributed by atoms with Crippen LogP contribution in [0.5, 0.6) is 17.2 Å². The highest BCUT2D eigenvalue weighted by molar-refractivity contribution is 6.02. The summed E-state index contributed by atoms with van der Waals surface area (Å²) in [5.74, 6) is -1.37. The smallest absolute Gasteiger partial charge is 0.347 e. The summed E-state index contributed by atoms with van der Waals surface area (Å²) in [5, 5.41) is 13.7. The van der Waals surface area contributed by atoms with E-state index < -0.39 is 22.3 Å². The van der Waals surface area contributed by atoms with Gasteiger partial charge in [-0.1, -0.05) is 0 Å². The number of halogens is 1. The molecule has 0 aliphatic carbocycles. The summed E-state index contributed by atoms with van der Waals surface area (Å²) in [7, 11) is 1.31. The Bertz CT molecular complexity index is 970. The largest absolute Gasteiger partial charge is 0.497 e. The normalized spacial score (nSPS) is 10.3. The number of carbonyl (C=O) groups excluding carboxylic acids is 1. The van der Waals surface area contributed by atoms with Crippen LogP contribution in [0.1, 0.15) is 10.6 Å². The lowest BCUT2D eigenvalue weighted by molar-refractivity contribution is -0.388. The van der Waals surface area contributed by atoms with E-state index in [1.54, 1.807) is 6.07 Å². The summed E-state index contributed by atoms with van der Waals surface area (Å²) in [6, 6.07) is 11.2. The van der Waals surface area contributed by atoms with E-state index in [-0.39, 0.29) is 23.0 Å². The number of nitrogens with one attached hydrogen (secondary N) is 1. The van der Waals surface area contributed by atoms with E-state index in [1.807, 2.05) is 0 Å². The molecule has 0 spiro atoms. The summed E-state index contributed by atoms with van der Waals surface area (Å²) < 4.78 is 29.3. The Morgan fingerprint density at radius 1 is 1.19 bits per heavy atom. The molecule has 0 atom stereocenters. The molecular formula is C18H13FN2O6. The van der Waals surface area contributed by atoms with Crippen LogP contribution in [-0.4, -0.2) is 17.9 Å². The van der Waals surface area contributed by atoms with Crippen molar-refractivity contribution in [2.45, 2.75) is 0 Å². The second-order valence-electron chi connectivity index (χ2n) is 5.27. The van der Waals surface area contributed by atoms with Crippen molar-refractivity contribution in [2.24, 2.45) is 0 Å². The lowest BCUT2D eigenvalue weighted by Gasteiger charge is -2.10. The first-order valence-corrected chi connectivity index (χ1v) is 7.62. The topological polar surface area (TPSA) is 104 Å². The molecule has 0 bridgehead atoms. The number of anilines is 1. The average Bonchev–Trinajstić information content (AvgIpc) is 3.17. The quantitative estimate of drug-likeness (QED) is 0.509. The van der Waals surface area contributed by atoms with Crippen molar-refractivity contribution in [3.8, 4) is 17.2 Å². The van der Waals surface area contributed by atoms with E-state index in [1.165, 1.54) is 49.8 Å². The van der Waals surface area contributed by atoms with E-state index in [9.17, 15) is 19.3 Å².